The Kier molecular flexibility index (Phi) is 5.91. The van der Waals surface area contributed by atoms with Crippen LogP contribution in [0.5, 0.6) is 5.75 Å². The number of carbonyl (C=O) groups is 1. The minimum atomic E-state index is 0.0999. The molecule has 1 aliphatic heterocycles. The lowest BCUT2D eigenvalue weighted by molar-refractivity contribution is 0.0986. The Morgan fingerprint density at radius 3 is 2.48 bits per heavy atom. The fraction of sp³-hybridized carbons (Fsp3) is 0.480. The van der Waals surface area contributed by atoms with E-state index in [9.17, 15) is 4.79 Å². The molecule has 4 nitrogen and oxygen atoms in total. The second-order valence-electron chi connectivity index (χ2n) is 8.29. The number of ether oxygens (including phenoxy) is 1. The third kappa shape index (κ3) is 3.66. The molecule has 0 fully saturated rings. The number of hydrogen-bond donors (Lipinski definition) is 0. The number of carbonyl (C=O) groups excluding carboxylic acids is 1. The monoisotopic (exact) mass is 392 g/mol. The number of amides is 1. The summed E-state index contributed by atoms with van der Waals surface area (Å²) in [6.45, 7) is 7.55. The third-order valence-corrected chi connectivity index (χ3v) is 6.41. The molecule has 4 heteroatoms. The van der Waals surface area contributed by atoms with Gasteiger partial charge in [0.1, 0.15) is 5.75 Å². The van der Waals surface area contributed by atoms with Crippen LogP contribution in [0.3, 0.4) is 0 Å². The normalized spacial score (nSPS) is 20.1. The van der Waals surface area contributed by atoms with Crippen LogP contribution in [-0.4, -0.2) is 43.6 Å². The first kappa shape index (κ1) is 20.0. The minimum absolute atomic E-state index is 0.0999. The molecule has 0 N–H and O–H groups in total. The van der Waals surface area contributed by atoms with Crippen molar-refractivity contribution in [2.75, 3.05) is 31.6 Å². The Morgan fingerprint density at radius 1 is 1.10 bits per heavy atom. The lowest BCUT2D eigenvalue weighted by Crippen LogP contribution is -2.41. The van der Waals surface area contributed by atoms with Crippen molar-refractivity contribution in [1.29, 1.82) is 0 Å². The molecular weight excluding hydrogens is 360 g/mol. The Balaban J connectivity index is 1.69. The van der Waals surface area contributed by atoms with Crippen molar-refractivity contribution < 1.29 is 9.53 Å². The molecule has 1 amide bonds. The number of nitrogens with zero attached hydrogens (tertiary/aromatic N) is 2. The summed E-state index contributed by atoms with van der Waals surface area (Å²) in [6.07, 6.45) is 4.47. The predicted molar refractivity (Wildman–Crippen MR) is 118 cm³/mol. The van der Waals surface area contributed by atoms with Gasteiger partial charge in [-0.1, -0.05) is 32.0 Å². The maximum Gasteiger partial charge on any atom is 0.258 e. The second kappa shape index (κ2) is 8.58. The first-order valence-electron chi connectivity index (χ1n) is 11.0. The highest BCUT2D eigenvalue weighted by Crippen LogP contribution is 2.48. The highest BCUT2D eigenvalue weighted by atomic mass is 16.5. The quantitative estimate of drug-likeness (QED) is 0.673. The number of hydrogen-bond acceptors (Lipinski definition) is 3. The molecule has 0 spiro atoms. The van der Waals surface area contributed by atoms with Gasteiger partial charge < -0.3 is 14.5 Å². The van der Waals surface area contributed by atoms with Gasteiger partial charge in [-0.15, -0.1) is 0 Å². The summed E-state index contributed by atoms with van der Waals surface area (Å²) in [6, 6.07) is 14.3. The van der Waals surface area contributed by atoms with Gasteiger partial charge >= 0.3 is 0 Å². The van der Waals surface area contributed by atoms with Gasteiger partial charge in [-0.05, 0) is 68.6 Å². The number of anilines is 1. The first-order chi connectivity index (χ1) is 14.2. The molecule has 2 aromatic rings. The highest BCUT2D eigenvalue weighted by Gasteiger charge is 2.41. The molecule has 1 aliphatic carbocycles. The van der Waals surface area contributed by atoms with Crippen molar-refractivity contribution >= 4 is 11.6 Å². The van der Waals surface area contributed by atoms with E-state index in [4.69, 9.17) is 4.74 Å². The van der Waals surface area contributed by atoms with Crippen molar-refractivity contribution in [3.63, 3.8) is 0 Å². The summed E-state index contributed by atoms with van der Waals surface area (Å²) in [4.78, 5) is 17.9. The smallest absolute Gasteiger partial charge is 0.258 e. The van der Waals surface area contributed by atoms with Crippen LogP contribution < -0.4 is 9.64 Å². The van der Waals surface area contributed by atoms with Gasteiger partial charge in [-0.2, -0.15) is 0 Å². The van der Waals surface area contributed by atoms with Gasteiger partial charge in [0, 0.05) is 35.3 Å². The van der Waals surface area contributed by atoms with Crippen LogP contribution in [0, 0.1) is 0 Å². The van der Waals surface area contributed by atoms with Gasteiger partial charge in [0.15, 0.2) is 0 Å². The number of benzene rings is 2. The molecule has 0 bridgehead atoms. The van der Waals surface area contributed by atoms with Crippen molar-refractivity contribution in [1.82, 2.24) is 4.90 Å². The summed E-state index contributed by atoms with van der Waals surface area (Å²) in [5.41, 5.74) is 4.49. The summed E-state index contributed by atoms with van der Waals surface area (Å²) in [7, 11) is 1.76. The molecule has 2 atom stereocenters. The largest absolute Gasteiger partial charge is 0.496 e. The lowest BCUT2D eigenvalue weighted by atomic mass is 9.80. The lowest BCUT2D eigenvalue weighted by Gasteiger charge is -2.37. The van der Waals surface area contributed by atoms with Crippen LogP contribution in [0.2, 0.25) is 0 Å². The summed E-state index contributed by atoms with van der Waals surface area (Å²) in [5.74, 6) is 1.46. The zero-order valence-corrected chi connectivity index (χ0v) is 17.9. The summed E-state index contributed by atoms with van der Waals surface area (Å²) >= 11 is 0. The fourth-order valence-corrected chi connectivity index (χ4v) is 5.23. The van der Waals surface area contributed by atoms with Crippen LogP contribution in [-0.2, 0) is 6.42 Å². The molecule has 2 aromatic carbocycles. The zero-order valence-electron chi connectivity index (χ0n) is 17.9. The van der Waals surface area contributed by atoms with Crippen molar-refractivity contribution in [3.8, 4) is 5.75 Å². The van der Waals surface area contributed by atoms with E-state index in [1.165, 1.54) is 24.0 Å². The topological polar surface area (TPSA) is 32.8 Å². The van der Waals surface area contributed by atoms with Gasteiger partial charge in [-0.25, -0.2) is 0 Å². The molecule has 0 saturated heterocycles. The molecular formula is C25H32N2O2. The number of rotatable bonds is 7. The molecule has 2 aliphatic rings. The standard InChI is InChI=1S/C25H32N2O2/c1-4-13-26(14-5-2)20-15-19-17-27(25(28)18-9-7-6-8-10-18)22-11-12-23(29-3)21(16-20)24(19)22/h6-12,19-20H,4-5,13-17H2,1-3H3. The van der Waals surface area contributed by atoms with Crippen LogP contribution >= 0.6 is 0 Å². The van der Waals surface area contributed by atoms with E-state index >= 15 is 0 Å². The van der Waals surface area contributed by atoms with E-state index in [-0.39, 0.29) is 5.91 Å². The summed E-state index contributed by atoms with van der Waals surface area (Å²) < 4.78 is 5.75. The maximum atomic E-state index is 13.3. The van der Waals surface area contributed by atoms with E-state index in [1.807, 2.05) is 41.3 Å². The van der Waals surface area contributed by atoms with Gasteiger partial charge in [0.25, 0.3) is 5.91 Å². The van der Waals surface area contributed by atoms with E-state index in [2.05, 4.69) is 24.8 Å². The highest BCUT2D eigenvalue weighted by molar-refractivity contribution is 6.07. The first-order valence-corrected chi connectivity index (χ1v) is 11.0. The van der Waals surface area contributed by atoms with Gasteiger partial charge in [0.2, 0.25) is 0 Å². The van der Waals surface area contributed by atoms with Crippen molar-refractivity contribution in [2.45, 2.75) is 51.5 Å². The van der Waals surface area contributed by atoms with Crippen LogP contribution in [0.1, 0.15) is 60.5 Å². The van der Waals surface area contributed by atoms with Crippen molar-refractivity contribution in [3.05, 3.63) is 59.2 Å². The van der Waals surface area contributed by atoms with Crippen LogP contribution in [0.4, 0.5) is 5.69 Å². The van der Waals surface area contributed by atoms with Crippen molar-refractivity contribution in [2.24, 2.45) is 0 Å². The Morgan fingerprint density at radius 2 is 1.83 bits per heavy atom. The molecule has 0 aromatic heterocycles. The van der Waals surface area contributed by atoms with Gasteiger partial charge in [0.05, 0.1) is 7.11 Å². The average Bonchev–Trinajstić information content (AvgIpc) is 3.13. The van der Waals surface area contributed by atoms with E-state index in [0.29, 0.717) is 12.0 Å². The molecule has 2 unspecified atom stereocenters. The third-order valence-electron chi connectivity index (χ3n) is 6.41. The van der Waals surface area contributed by atoms with E-state index in [1.54, 1.807) is 7.11 Å². The molecule has 0 saturated carbocycles. The van der Waals surface area contributed by atoms with Crippen LogP contribution in [0.25, 0.3) is 0 Å². The fourth-order valence-electron chi connectivity index (χ4n) is 5.23. The molecule has 29 heavy (non-hydrogen) atoms. The van der Waals surface area contributed by atoms with E-state index < -0.39 is 0 Å². The Bertz CT molecular complexity index is 859. The van der Waals surface area contributed by atoms with Crippen LogP contribution in [0.15, 0.2) is 42.5 Å². The Hall–Kier alpha value is -2.33. The van der Waals surface area contributed by atoms with Gasteiger partial charge in [-0.3, -0.25) is 4.79 Å². The predicted octanol–water partition coefficient (Wildman–Crippen LogP) is 4.88. The summed E-state index contributed by atoms with van der Waals surface area (Å²) in [5, 5.41) is 0. The maximum absolute atomic E-state index is 13.3. The second-order valence-corrected chi connectivity index (χ2v) is 8.29. The molecule has 1 heterocycles. The number of methoxy groups -OCH3 is 1. The minimum Gasteiger partial charge on any atom is -0.496 e. The SMILES string of the molecule is CCCN(CCC)C1Cc2c(OC)ccc3c2C(C1)CN3C(=O)c1ccccc1. The molecule has 4 rings (SSSR count). The molecule has 154 valence electrons. The molecule has 0 radical (unpaired) electrons. The zero-order chi connectivity index (χ0) is 20.4. The van der Waals surface area contributed by atoms with E-state index in [0.717, 1.165) is 49.5 Å². The Labute approximate surface area is 174 Å². The average molecular weight is 393 g/mol.